The minimum absolute atomic E-state index is 0.491. The van der Waals surface area contributed by atoms with E-state index in [0.29, 0.717) is 5.15 Å². The van der Waals surface area contributed by atoms with Gasteiger partial charge in [-0.25, -0.2) is 0 Å². The topological polar surface area (TPSA) is 37.8 Å². The van der Waals surface area contributed by atoms with Crippen LogP contribution in [0.25, 0.3) is 0 Å². The molecule has 0 bridgehead atoms. The number of nitrogens with zero attached hydrogens (tertiary/aromatic N) is 2. The van der Waals surface area contributed by atoms with Crippen molar-refractivity contribution in [2.24, 2.45) is 0 Å². The summed E-state index contributed by atoms with van der Waals surface area (Å²) in [6.07, 6.45) is 4.52. The number of thioether (sulfide) groups is 1. The second-order valence-corrected chi connectivity index (χ2v) is 5.06. The monoisotopic (exact) mass is 259 g/mol. The van der Waals surface area contributed by atoms with Gasteiger partial charge in [0.2, 0.25) is 0 Å². The summed E-state index contributed by atoms with van der Waals surface area (Å²) in [5.41, 5.74) is 2.09. The summed E-state index contributed by atoms with van der Waals surface area (Å²) < 4.78 is 0. The third kappa shape index (κ3) is 3.83. The van der Waals surface area contributed by atoms with Gasteiger partial charge in [0.25, 0.3) is 0 Å². The Morgan fingerprint density at radius 3 is 2.62 bits per heavy atom. The van der Waals surface area contributed by atoms with E-state index in [1.165, 1.54) is 12.2 Å². The molecule has 0 aliphatic heterocycles. The molecule has 0 saturated heterocycles. The first-order valence-electron chi connectivity index (χ1n) is 5.39. The fourth-order valence-electron chi connectivity index (χ4n) is 1.32. The van der Waals surface area contributed by atoms with Gasteiger partial charge in [0.1, 0.15) is 0 Å². The van der Waals surface area contributed by atoms with Crippen LogP contribution in [0.3, 0.4) is 0 Å². The number of aromatic nitrogens is 2. The molecule has 1 aromatic heterocycles. The fourth-order valence-corrected chi connectivity index (χ4v) is 1.99. The van der Waals surface area contributed by atoms with E-state index in [4.69, 9.17) is 11.6 Å². The first-order chi connectivity index (χ1) is 7.66. The molecular weight excluding hydrogens is 242 g/mol. The van der Waals surface area contributed by atoms with E-state index in [1.54, 1.807) is 0 Å². The van der Waals surface area contributed by atoms with E-state index in [2.05, 4.69) is 21.8 Å². The molecule has 1 rings (SSSR count). The lowest BCUT2D eigenvalue weighted by molar-refractivity contribution is 0.832. The number of halogens is 1. The molecule has 1 heterocycles. The van der Waals surface area contributed by atoms with E-state index >= 15 is 0 Å². The van der Waals surface area contributed by atoms with Crippen LogP contribution in [-0.2, 0) is 0 Å². The van der Waals surface area contributed by atoms with Crippen LogP contribution in [0, 0.1) is 13.8 Å². The van der Waals surface area contributed by atoms with Crippen molar-refractivity contribution in [2.75, 3.05) is 23.9 Å². The standard InChI is InChI=1S/C11H18ClN3S/c1-8-9(2)11(15-14-10(8)12)13-6-4-5-7-16-3/h4-7H2,1-3H3,(H,13,15). The lowest BCUT2D eigenvalue weighted by atomic mass is 10.2. The Kier molecular flexibility index (Phi) is 5.91. The van der Waals surface area contributed by atoms with Crippen molar-refractivity contribution >= 4 is 29.2 Å². The van der Waals surface area contributed by atoms with Crippen molar-refractivity contribution in [1.29, 1.82) is 0 Å². The zero-order chi connectivity index (χ0) is 12.0. The lowest BCUT2D eigenvalue weighted by Crippen LogP contribution is -2.07. The van der Waals surface area contributed by atoms with Gasteiger partial charge in [-0.15, -0.1) is 10.2 Å². The van der Waals surface area contributed by atoms with Crippen molar-refractivity contribution in [3.8, 4) is 0 Å². The van der Waals surface area contributed by atoms with E-state index in [1.807, 2.05) is 25.6 Å². The molecule has 0 radical (unpaired) electrons. The number of nitrogens with one attached hydrogen (secondary N) is 1. The van der Waals surface area contributed by atoms with E-state index < -0.39 is 0 Å². The van der Waals surface area contributed by atoms with Gasteiger partial charge >= 0.3 is 0 Å². The summed E-state index contributed by atoms with van der Waals surface area (Å²) >= 11 is 7.77. The van der Waals surface area contributed by atoms with Gasteiger partial charge in [-0.3, -0.25) is 0 Å². The highest BCUT2D eigenvalue weighted by Crippen LogP contribution is 2.20. The van der Waals surface area contributed by atoms with Crippen molar-refractivity contribution in [3.63, 3.8) is 0 Å². The van der Waals surface area contributed by atoms with Gasteiger partial charge in [0.15, 0.2) is 11.0 Å². The average Bonchev–Trinajstić information content (AvgIpc) is 2.28. The molecule has 0 spiro atoms. The minimum Gasteiger partial charge on any atom is -0.368 e. The number of unbranched alkanes of at least 4 members (excludes halogenated alkanes) is 1. The zero-order valence-corrected chi connectivity index (χ0v) is 11.6. The van der Waals surface area contributed by atoms with Crippen LogP contribution in [0.2, 0.25) is 5.15 Å². The molecular formula is C11H18ClN3S. The zero-order valence-electron chi connectivity index (χ0n) is 10.0. The van der Waals surface area contributed by atoms with Crippen LogP contribution in [0.4, 0.5) is 5.82 Å². The lowest BCUT2D eigenvalue weighted by Gasteiger charge is -2.09. The maximum absolute atomic E-state index is 5.88. The quantitative estimate of drug-likeness (QED) is 0.796. The third-order valence-corrected chi connectivity index (χ3v) is 3.59. The van der Waals surface area contributed by atoms with Crippen LogP contribution < -0.4 is 5.32 Å². The second-order valence-electron chi connectivity index (χ2n) is 3.72. The summed E-state index contributed by atoms with van der Waals surface area (Å²) in [7, 11) is 0. The molecule has 0 aromatic carbocycles. The van der Waals surface area contributed by atoms with Crippen molar-refractivity contribution < 1.29 is 0 Å². The van der Waals surface area contributed by atoms with Crippen LogP contribution >= 0.6 is 23.4 Å². The van der Waals surface area contributed by atoms with E-state index in [0.717, 1.165) is 29.9 Å². The maximum Gasteiger partial charge on any atom is 0.155 e. The Hall–Kier alpha value is -0.480. The molecule has 5 heteroatoms. The van der Waals surface area contributed by atoms with Crippen LogP contribution in [0.15, 0.2) is 0 Å². The summed E-state index contributed by atoms with van der Waals surface area (Å²) in [4.78, 5) is 0. The molecule has 0 saturated carbocycles. The first kappa shape index (κ1) is 13.6. The third-order valence-electron chi connectivity index (χ3n) is 2.53. The van der Waals surface area contributed by atoms with E-state index in [9.17, 15) is 0 Å². The van der Waals surface area contributed by atoms with Crippen LogP contribution in [0.5, 0.6) is 0 Å². The molecule has 0 fully saturated rings. The summed E-state index contributed by atoms with van der Waals surface area (Å²) in [5.74, 6) is 2.07. The van der Waals surface area contributed by atoms with Crippen molar-refractivity contribution in [3.05, 3.63) is 16.3 Å². The van der Waals surface area contributed by atoms with Crippen LogP contribution in [0.1, 0.15) is 24.0 Å². The molecule has 0 amide bonds. The fraction of sp³-hybridized carbons (Fsp3) is 0.636. The van der Waals surface area contributed by atoms with Gasteiger partial charge < -0.3 is 5.32 Å². The van der Waals surface area contributed by atoms with Crippen LogP contribution in [-0.4, -0.2) is 28.8 Å². The second kappa shape index (κ2) is 6.97. The molecule has 16 heavy (non-hydrogen) atoms. The normalized spacial score (nSPS) is 10.5. The molecule has 0 atom stereocenters. The summed E-state index contributed by atoms with van der Waals surface area (Å²) in [6.45, 7) is 4.92. The van der Waals surface area contributed by atoms with Gasteiger partial charge in [-0.2, -0.15) is 11.8 Å². The SMILES string of the molecule is CSCCCCNc1nnc(Cl)c(C)c1C. The predicted molar refractivity (Wildman–Crippen MR) is 72.6 cm³/mol. The van der Waals surface area contributed by atoms with Gasteiger partial charge in [-0.05, 0) is 49.8 Å². The smallest absolute Gasteiger partial charge is 0.155 e. The molecule has 0 aliphatic rings. The average molecular weight is 260 g/mol. The molecule has 1 aromatic rings. The Labute approximate surface area is 106 Å². The van der Waals surface area contributed by atoms with Gasteiger partial charge in [-0.1, -0.05) is 11.6 Å². The number of hydrogen-bond donors (Lipinski definition) is 1. The Morgan fingerprint density at radius 2 is 1.94 bits per heavy atom. The number of rotatable bonds is 6. The molecule has 3 nitrogen and oxygen atoms in total. The Balaban J connectivity index is 2.45. The highest BCUT2D eigenvalue weighted by molar-refractivity contribution is 7.98. The molecule has 90 valence electrons. The van der Waals surface area contributed by atoms with E-state index in [-0.39, 0.29) is 0 Å². The molecule has 0 unspecified atom stereocenters. The highest BCUT2D eigenvalue weighted by atomic mass is 35.5. The predicted octanol–water partition coefficient (Wildman–Crippen LogP) is 3.30. The molecule has 0 aliphatic carbocycles. The highest BCUT2D eigenvalue weighted by Gasteiger charge is 2.06. The van der Waals surface area contributed by atoms with Crippen molar-refractivity contribution in [2.45, 2.75) is 26.7 Å². The largest absolute Gasteiger partial charge is 0.368 e. The first-order valence-corrected chi connectivity index (χ1v) is 7.16. The van der Waals surface area contributed by atoms with Gasteiger partial charge in [0.05, 0.1) is 0 Å². The van der Waals surface area contributed by atoms with Crippen molar-refractivity contribution in [1.82, 2.24) is 10.2 Å². The summed E-state index contributed by atoms with van der Waals surface area (Å²) in [5, 5.41) is 11.8. The Bertz CT molecular complexity index is 344. The minimum atomic E-state index is 0.491. The maximum atomic E-state index is 5.88. The number of hydrogen-bond acceptors (Lipinski definition) is 4. The van der Waals surface area contributed by atoms with Gasteiger partial charge in [0, 0.05) is 6.54 Å². The summed E-state index contributed by atoms with van der Waals surface area (Å²) in [6, 6.07) is 0. The number of anilines is 1. The Morgan fingerprint density at radius 1 is 1.19 bits per heavy atom. The molecule has 1 N–H and O–H groups in total.